The number of halogens is 3. The second-order valence-electron chi connectivity index (χ2n) is 16.2. The number of hydrogen-bond acceptors (Lipinski definition) is 5. The molecule has 5 aliphatic rings. The first-order valence-corrected chi connectivity index (χ1v) is 19.9. The topological polar surface area (TPSA) is 126 Å². The van der Waals surface area contributed by atoms with E-state index in [1.54, 1.807) is 0 Å². The molecule has 5 fully saturated rings. The van der Waals surface area contributed by atoms with Crippen LogP contribution in [0.5, 0.6) is 0 Å². The van der Waals surface area contributed by atoms with Crippen LogP contribution in [0, 0.1) is 23.7 Å². The molecule has 1 aliphatic heterocycles. The van der Waals surface area contributed by atoms with Crippen molar-refractivity contribution in [1.29, 1.82) is 0 Å². The lowest BCUT2D eigenvalue weighted by molar-refractivity contribution is -0.138. The molecule has 284 valence electrons. The standard InChI is InChI=1S/C38H61F3N4O5/c39-38(40,41)19-20-42-35(47)32-23-26-11-7-15-29(21-26)50-30-16-8-12-27(22-30)24-33(44-34(46)28-13-5-2-6-14-28)37(49)43-31(36(48)45-32)18-17-25-9-3-1-4-10-25/h25-33H,1-24H2,(H,42,47)(H,43,49)(H,44,46)(H,45,48)/t26?,27?,29?,30?,31-,32-,33-/m0/s1. The van der Waals surface area contributed by atoms with E-state index in [0.29, 0.717) is 25.2 Å². The van der Waals surface area contributed by atoms with E-state index in [-0.39, 0.29) is 35.9 Å². The Labute approximate surface area is 296 Å². The Balaban J connectivity index is 1.38. The van der Waals surface area contributed by atoms with E-state index in [4.69, 9.17) is 4.74 Å². The van der Waals surface area contributed by atoms with Crippen LogP contribution < -0.4 is 21.3 Å². The van der Waals surface area contributed by atoms with E-state index in [1.807, 2.05) is 0 Å². The maximum Gasteiger partial charge on any atom is 0.390 e. The van der Waals surface area contributed by atoms with Gasteiger partial charge < -0.3 is 26.0 Å². The summed E-state index contributed by atoms with van der Waals surface area (Å²) >= 11 is 0. The van der Waals surface area contributed by atoms with E-state index >= 15 is 0 Å². The molecule has 0 aromatic heterocycles. The van der Waals surface area contributed by atoms with Gasteiger partial charge >= 0.3 is 6.18 Å². The maximum absolute atomic E-state index is 14.2. The first-order valence-electron chi connectivity index (χ1n) is 19.9. The predicted octanol–water partition coefficient (Wildman–Crippen LogP) is 6.38. The van der Waals surface area contributed by atoms with Gasteiger partial charge in [0.2, 0.25) is 23.6 Å². The van der Waals surface area contributed by atoms with Gasteiger partial charge in [-0.15, -0.1) is 0 Å². The third-order valence-corrected chi connectivity index (χ3v) is 12.2. The molecule has 0 spiro atoms. The Bertz CT molecular complexity index is 1130. The van der Waals surface area contributed by atoms with Crippen LogP contribution in [0.1, 0.15) is 148 Å². The summed E-state index contributed by atoms with van der Waals surface area (Å²) in [6, 6.07) is -2.77. The van der Waals surface area contributed by atoms with Crippen LogP contribution in [0.25, 0.3) is 0 Å². The fraction of sp³-hybridized carbons (Fsp3) is 0.895. The molecule has 1 heterocycles. The van der Waals surface area contributed by atoms with Crippen molar-refractivity contribution in [3.05, 3.63) is 0 Å². The zero-order valence-electron chi connectivity index (χ0n) is 29.8. The molecule has 12 heteroatoms. The summed E-state index contributed by atoms with van der Waals surface area (Å²) < 4.78 is 45.5. The molecule has 1 saturated heterocycles. The van der Waals surface area contributed by atoms with Gasteiger partial charge in [-0.3, -0.25) is 19.2 Å². The summed E-state index contributed by atoms with van der Waals surface area (Å²) in [6.45, 7) is -0.571. The summed E-state index contributed by atoms with van der Waals surface area (Å²) in [4.78, 5) is 55.2. The van der Waals surface area contributed by atoms with Crippen molar-refractivity contribution in [1.82, 2.24) is 21.3 Å². The number of alkyl halides is 3. The number of amides is 4. The Kier molecular flexibility index (Phi) is 14.7. The van der Waals surface area contributed by atoms with Crippen LogP contribution in [0.4, 0.5) is 13.2 Å². The SMILES string of the molecule is O=C(N[C@H]1CC2CCCC(C2)OC2CCCC(C2)C[C@@H](C(=O)NCCC(F)(F)F)NC(=O)[C@H](CCC2CCCCC2)NC1=O)C1CCCCC1. The van der Waals surface area contributed by atoms with E-state index in [0.717, 1.165) is 116 Å². The maximum atomic E-state index is 14.2. The van der Waals surface area contributed by atoms with E-state index in [2.05, 4.69) is 21.3 Å². The van der Waals surface area contributed by atoms with Gasteiger partial charge in [-0.2, -0.15) is 13.2 Å². The smallest absolute Gasteiger partial charge is 0.375 e. The van der Waals surface area contributed by atoms with Gasteiger partial charge in [0.25, 0.3) is 0 Å². The highest BCUT2D eigenvalue weighted by atomic mass is 19.4. The van der Waals surface area contributed by atoms with Gasteiger partial charge in [-0.25, -0.2) is 0 Å². The van der Waals surface area contributed by atoms with Crippen LogP contribution in [0.2, 0.25) is 0 Å². The Morgan fingerprint density at radius 3 is 1.94 bits per heavy atom. The molecule has 50 heavy (non-hydrogen) atoms. The van der Waals surface area contributed by atoms with Crippen molar-refractivity contribution in [2.45, 2.75) is 184 Å². The second-order valence-corrected chi connectivity index (χ2v) is 16.2. The lowest BCUT2D eigenvalue weighted by atomic mass is 9.80. The zero-order chi connectivity index (χ0) is 35.5. The van der Waals surface area contributed by atoms with Crippen molar-refractivity contribution in [3.8, 4) is 0 Å². The molecule has 5 rings (SSSR count). The average Bonchev–Trinajstić information content (AvgIpc) is 3.09. The monoisotopic (exact) mass is 710 g/mol. The quantitative estimate of drug-likeness (QED) is 0.233. The Hall–Kier alpha value is -2.37. The molecule has 4 saturated carbocycles. The zero-order valence-corrected chi connectivity index (χ0v) is 29.8. The summed E-state index contributed by atoms with van der Waals surface area (Å²) in [5.41, 5.74) is 0. The van der Waals surface area contributed by atoms with E-state index in [1.165, 1.54) is 6.42 Å². The molecule has 0 aromatic rings. The van der Waals surface area contributed by atoms with Crippen LogP contribution in [-0.4, -0.2) is 66.7 Å². The van der Waals surface area contributed by atoms with Crippen molar-refractivity contribution in [2.24, 2.45) is 23.7 Å². The Morgan fingerprint density at radius 1 is 0.680 bits per heavy atom. The third-order valence-electron chi connectivity index (χ3n) is 12.2. The molecule has 0 radical (unpaired) electrons. The predicted molar refractivity (Wildman–Crippen MR) is 184 cm³/mol. The highest BCUT2D eigenvalue weighted by Gasteiger charge is 2.37. The van der Waals surface area contributed by atoms with Crippen LogP contribution >= 0.6 is 0 Å². The molecule has 4 aliphatic carbocycles. The number of nitrogens with one attached hydrogen (secondary N) is 4. The van der Waals surface area contributed by atoms with E-state index in [9.17, 15) is 32.3 Å². The van der Waals surface area contributed by atoms with Crippen LogP contribution in [-0.2, 0) is 23.9 Å². The molecule has 4 bridgehead atoms. The van der Waals surface area contributed by atoms with Crippen molar-refractivity contribution >= 4 is 23.6 Å². The fourth-order valence-corrected chi connectivity index (χ4v) is 9.36. The number of ether oxygens (including phenoxy) is 1. The summed E-state index contributed by atoms with van der Waals surface area (Å²) in [5.74, 6) is -1.06. The number of fused-ring (bicyclic) bond motifs is 4. The van der Waals surface area contributed by atoms with Gasteiger partial charge in [-0.1, -0.05) is 77.0 Å². The number of rotatable bonds is 8. The van der Waals surface area contributed by atoms with Crippen molar-refractivity contribution < 1.29 is 37.1 Å². The van der Waals surface area contributed by atoms with Gasteiger partial charge in [0, 0.05) is 12.5 Å². The van der Waals surface area contributed by atoms with E-state index < -0.39 is 55.0 Å². The fourth-order valence-electron chi connectivity index (χ4n) is 9.36. The first-order chi connectivity index (χ1) is 24.0. The van der Waals surface area contributed by atoms with Crippen LogP contribution in [0.15, 0.2) is 0 Å². The number of carbonyl (C=O) groups excluding carboxylic acids is 4. The van der Waals surface area contributed by atoms with Crippen molar-refractivity contribution in [3.63, 3.8) is 0 Å². The number of hydrogen-bond donors (Lipinski definition) is 4. The van der Waals surface area contributed by atoms with Gasteiger partial charge in [-0.05, 0) is 82.0 Å². The minimum atomic E-state index is -4.42. The molecule has 9 nitrogen and oxygen atoms in total. The molecule has 4 amide bonds. The summed E-state index contributed by atoms with van der Waals surface area (Å²) in [5, 5.41) is 11.4. The molecule has 4 unspecified atom stereocenters. The van der Waals surface area contributed by atoms with Gasteiger partial charge in [0.05, 0.1) is 18.6 Å². The number of carbonyl (C=O) groups is 4. The third kappa shape index (κ3) is 12.4. The lowest BCUT2D eigenvalue weighted by Crippen LogP contribution is -2.58. The largest absolute Gasteiger partial charge is 0.390 e. The summed E-state index contributed by atoms with van der Waals surface area (Å²) in [7, 11) is 0. The first kappa shape index (κ1) is 38.9. The van der Waals surface area contributed by atoms with Gasteiger partial charge in [0.1, 0.15) is 18.1 Å². The molecule has 4 N–H and O–H groups in total. The minimum absolute atomic E-state index is 0.00314. The van der Waals surface area contributed by atoms with Gasteiger partial charge in [0.15, 0.2) is 0 Å². The molecular weight excluding hydrogens is 649 g/mol. The minimum Gasteiger partial charge on any atom is -0.375 e. The normalized spacial score (nSPS) is 32.7. The highest BCUT2D eigenvalue weighted by molar-refractivity contribution is 5.94. The molecule has 7 atom stereocenters. The lowest BCUT2D eigenvalue weighted by Gasteiger charge is -2.37. The molecule has 0 aromatic carbocycles. The van der Waals surface area contributed by atoms with Crippen molar-refractivity contribution in [2.75, 3.05) is 6.54 Å². The second kappa shape index (κ2) is 18.9. The Morgan fingerprint density at radius 2 is 1.30 bits per heavy atom. The summed E-state index contributed by atoms with van der Waals surface area (Å²) in [6.07, 6.45) is 13.7. The average molecular weight is 711 g/mol. The van der Waals surface area contributed by atoms with Crippen LogP contribution in [0.3, 0.4) is 0 Å². The molecular formula is C38H61F3N4O5. The highest BCUT2D eigenvalue weighted by Crippen LogP contribution is 2.36.